The van der Waals surface area contributed by atoms with Crippen LogP contribution >= 0.6 is 0 Å². The second-order valence-corrected chi connectivity index (χ2v) is 3.41. The second kappa shape index (κ2) is 5.84. The quantitative estimate of drug-likeness (QED) is 0.692. The van der Waals surface area contributed by atoms with Crippen LogP contribution in [0.2, 0.25) is 0 Å². The van der Waals surface area contributed by atoms with Crippen LogP contribution in [0.25, 0.3) is 0 Å². The van der Waals surface area contributed by atoms with E-state index in [0.29, 0.717) is 18.9 Å². The molecule has 2 N–H and O–H groups in total. The normalized spacial score (nSPS) is 9.88. The van der Waals surface area contributed by atoms with E-state index in [1.807, 2.05) is 0 Å². The molecule has 1 heterocycles. The van der Waals surface area contributed by atoms with E-state index < -0.39 is 0 Å². The van der Waals surface area contributed by atoms with Crippen molar-refractivity contribution < 1.29 is 9.59 Å². The van der Waals surface area contributed by atoms with Crippen LogP contribution in [0, 0.1) is 0 Å². The number of carbonyl (C=O) groups excluding carboxylic acids is 2. The number of nitrogens with one attached hydrogen (secondary N) is 2. The van der Waals surface area contributed by atoms with Crippen molar-refractivity contribution >= 4 is 11.8 Å². The van der Waals surface area contributed by atoms with E-state index in [1.54, 1.807) is 7.05 Å². The van der Waals surface area contributed by atoms with Crippen LogP contribution in [0.1, 0.15) is 19.2 Å². The molecule has 0 fully saturated rings. The summed E-state index contributed by atoms with van der Waals surface area (Å²) in [6.07, 6.45) is 1.68. The minimum Gasteiger partial charge on any atom is -0.356 e. The van der Waals surface area contributed by atoms with Gasteiger partial charge in [0.15, 0.2) is 0 Å². The van der Waals surface area contributed by atoms with E-state index in [9.17, 15) is 9.59 Å². The first-order chi connectivity index (χ1) is 7.59. The van der Waals surface area contributed by atoms with Gasteiger partial charge < -0.3 is 10.2 Å². The summed E-state index contributed by atoms with van der Waals surface area (Å²) >= 11 is 0. The van der Waals surface area contributed by atoms with Crippen molar-refractivity contribution in [3.05, 3.63) is 12.2 Å². The molecule has 2 amide bonds. The molecule has 0 aliphatic carbocycles. The van der Waals surface area contributed by atoms with Crippen molar-refractivity contribution in [2.75, 3.05) is 13.6 Å². The van der Waals surface area contributed by atoms with Gasteiger partial charge in [-0.25, -0.2) is 4.98 Å². The molecule has 0 unspecified atom stereocenters. The molecular formula is C9H15N5O2. The molecule has 7 heteroatoms. The van der Waals surface area contributed by atoms with E-state index in [4.69, 9.17) is 0 Å². The summed E-state index contributed by atoms with van der Waals surface area (Å²) < 4.78 is 0. The van der Waals surface area contributed by atoms with Gasteiger partial charge in [0.1, 0.15) is 12.2 Å². The zero-order valence-electron chi connectivity index (χ0n) is 9.36. The molecule has 0 spiro atoms. The molecule has 16 heavy (non-hydrogen) atoms. The molecular weight excluding hydrogens is 210 g/mol. The van der Waals surface area contributed by atoms with Crippen molar-refractivity contribution in [3.63, 3.8) is 0 Å². The Labute approximate surface area is 93.2 Å². The monoisotopic (exact) mass is 225 g/mol. The first-order valence-corrected chi connectivity index (χ1v) is 4.92. The number of H-pyrrole nitrogens is 1. The second-order valence-electron chi connectivity index (χ2n) is 3.41. The van der Waals surface area contributed by atoms with Crippen molar-refractivity contribution in [3.8, 4) is 0 Å². The summed E-state index contributed by atoms with van der Waals surface area (Å²) in [6.45, 7) is 2.16. The van der Waals surface area contributed by atoms with E-state index in [2.05, 4.69) is 20.5 Å². The fraction of sp³-hybridized carbons (Fsp3) is 0.556. The molecule has 0 aliphatic heterocycles. The number of nitrogens with zero attached hydrogens (tertiary/aromatic N) is 3. The van der Waals surface area contributed by atoms with Gasteiger partial charge in [-0.1, -0.05) is 0 Å². The smallest absolute Gasteiger partial charge is 0.224 e. The molecule has 0 aliphatic rings. The number of hydrogen-bond donors (Lipinski definition) is 2. The third kappa shape index (κ3) is 4.07. The average molecular weight is 225 g/mol. The molecule has 0 aromatic carbocycles. The first kappa shape index (κ1) is 12.2. The Morgan fingerprint density at radius 1 is 1.56 bits per heavy atom. The third-order valence-corrected chi connectivity index (χ3v) is 1.99. The van der Waals surface area contributed by atoms with Crippen molar-refractivity contribution in [1.82, 2.24) is 25.4 Å². The Balaban J connectivity index is 2.28. The van der Waals surface area contributed by atoms with Crippen molar-refractivity contribution in [2.45, 2.75) is 19.9 Å². The van der Waals surface area contributed by atoms with Gasteiger partial charge in [-0.05, 0) is 0 Å². The van der Waals surface area contributed by atoms with Crippen LogP contribution in [0.5, 0.6) is 0 Å². The Morgan fingerprint density at radius 2 is 2.31 bits per heavy atom. The summed E-state index contributed by atoms with van der Waals surface area (Å²) in [6, 6.07) is 0. The van der Waals surface area contributed by atoms with Crippen molar-refractivity contribution in [1.29, 1.82) is 0 Å². The maximum absolute atomic E-state index is 11.6. The average Bonchev–Trinajstić information content (AvgIpc) is 2.69. The molecule has 1 aromatic heterocycles. The number of aromatic nitrogens is 3. The minimum atomic E-state index is -0.134. The molecule has 0 bridgehead atoms. The molecule has 0 saturated heterocycles. The largest absolute Gasteiger partial charge is 0.356 e. The highest BCUT2D eigenvalue weighted by atomic mass is 16.2. The molecule has 1 rings (SSSR count). The zero-order chi connectivity index (χ0) is 12.0. The molecule has 0 saturated carbocycles. The lowest BCUT2D eigenvalue weighted by Gasteiger charge is -2.15. The van der Waals surface area contributed by atoms with Crippen LogP contribution in [0.15, 0.2) is 6.33 Å². The van der Waals surface area contributed by atoms with Crippen LogP contribution in [0.4, 0.5) is 0 Å². The topological polar surface area (TPSA) is 91.0 Å². The Bertz CT molecular complexity index is 349. The number of aromatic amines is 1. The molecule has 0 radical (unpaired) electrons. The van der Waals surface area contributed by atoms with E-state index >= 15 is 0 Å². The minimum absolute atomic E-state index is 0.0508. The highest BCUT2D eigenvalue weighted by Crippen LogP contribution is 1.96. The van der Waals surface area contributed by atoms with Crippen LogP contribution in [0.3, 0.4) is 0 Å². The lowest BCUT2D eigenvalue weighted by molar-refractivity contribution is -0.130. The molecule has 88 valence electrons. The summed E-state index contributed by atoms with van der Waals surface area (Å²) in [5.74, 6) is 0.450. The predicted octanol–water partition coefficient (Wildman–Crippen LogP) is -0.711. The van der Waals surface area contributed by atoms with E-state index in [0.717, 1.165) is 0 Å². The maximum Gasteiger partial charge on any atom is 0.224 e. The molecule has 7 nitrogen and oxygen atoms in total. The maximum atomic E-state index is 11.6. The Morgan fingerprint density at radius 3 is 2.88 bits per heavy atom. The Kier molecular flexibility index (Phi) is 4.43. The third-order valence-electron chi connectivity index (χ3n) is 1.99. The van der Waals surface area contributed by atoms with Gasteiger partial charge in [0, 0.05) is 26.9 Å². The molecule has 0 atom stereocenters. The lowest BCUT2D eigenvalue weighted by Crippen LogP contribution is -2.31. The van der Waals surface area contributed by atoms with Crippen LogP contribution in [-0.4, -0.2) is 45.5 Å². The van der Waals surface area contributed by atoms with Crippen LogP contribution in [-0.2, 0) is 16.1 Å². The summed E-state index contributed by atoms with van der Waals surface area (Å²) in [5.41, 5.74) is 0. The number of rotatable bonds is 5. The predicted molar refractivity (Wildman–Crippen MR) is 56.2 cm³/mol. The summed E-state index contributed by atoms with van der Waals surface area (Å²) in [4.78, 5) is 27.6. The Hall–Kier alpha value is -1.92. The van der Waals surface area contributed by atoms with Gasteiger partial charge in [-0.3, -0.25) is 14.7 Å². The highest BCUT2D eigenvalue weighted by molar-refractivity contribution is 5.77. The number of amides is 2. The number of carbonyl (C=O) groups is 2. The zero-order valence-corrected chi connectivity index (χ0v) is 9.36. The fourth-order valence-electron chi connectivity index (χ4n) is 1.16. The van der Waals surface area contributed by atoms with Gasteiger partial charge in [-0.15, -0.1) is 0 Å². The van der Waals surface area contributed by atoms with Gasteiger partial charge in [0.25, 0.3) is 0 Å². The van der Waals surface area contributed by atoms with Gasteiger partial charge >= 0.3 is 0 Å². The van der Waals surface area contributed by atoms with E-state index in [-0.39, 0.29) is 18.2 Å². The van der Waals surface area contributed by atoms with Gasteiger partial charge in [0.2, 0.25) is 11.8 Å². The lowest BCUT2D eigenvalue weighted by atomic mass is 10.3. The first-order valence-electron chi connectivity index (χ1n) is 4.92. The molecule has 1 aromatic rings. The van der Waals surface area contributed by atoms with Gasteiger partial charge in [0.05, 0.1) is 6.54 Å². The summed E-state index contributed by atoms with van der Waals surface area (Å²) in [5, 5.41) is 8.93. The van der Waals surface area contributed by atoms with Crippen LogP contribution < -0.4 is 5.32 Å². The standard InChI is InChI=1S/C9H15N5O2/c1-7(15)10-4-3-9(16)14(2)5-8-11-6-12-13-8/h6H,3-5H2,1-2H3,(H,10,15)(H,11,12,13). The fourth-order valence-corrected chi connectivity index (χ4v) is 1.16. The highest BCUT2D eigenvalue weighted by Gasteiger charge is 2.10. The van der Waals surface area contributed by atoms with E-state index in [1.165, 1.54) is 18.2 Å². The van der Waals surface area contributed by atoms with Gasteiger partial charge in [-0.2, -0.15) is 5.10 Å². The number of hydrogen-bond acceptors (Lipinski definition) is 4. The van der Waals surface area contributed by atoms with Crippen molar-refractivity contribution in [2.24, 2.45) is 0 Å². The summed E-state index contributed by atoms with van der Waals surface area (Å²) in [7, 11) is 1.68. The SMILES string of the molecule is CC(=O)NCCC(=O)N(C)Cc1ncn[nH]1.